The number of carbonyl (C=O) groups excluding carboxylic acids is 1. The van der Waals surface area contributed by atoms with Crippen molar-refractivity contribution in [2.24, 2.45) is 5.92 Å². The van der Waals surface area contributed by atoms with E-state index in [1.54, 1.807) is 7.11 Å². The number of ether oxygens (including phenoxy) is 1. The molecule has 0 aromatic heterocycles. The SMILES string of the molecule is COc1cccc(N2C[C@@H](Cc3ccccc3)N(CC3CC3)CC2=O)c1. The molecule has 4 heteroatoms. The Morgan fingerprint density at radius 1 is 1.08 bits per heavy atom. The zero-order chi connectivity index (χ0) is 17.9. The van der Waals surface area contributed by atoms with E-state index in [0.717, 1.165) is 36.9 Å². The number of amides is 1. The summed E-state index contributed by atoms with van der Waals surface area (Å²) in [6.07, 6.45) is 3.59. The Labute approximate surface area is 155 Å². The molecule has 136 valence electrons. The lowest BCUT2D eigenvalue weighted by atomic mass is 10.0. The van der Waals surface area contributed by atoms with Gasteiger partial charge in [0.15, 0.2) is 0 Å². The Kier molecular flexibility index (Phi) is 4.93. The van der Waals surface area contributed by atoms with Crippen LogP contribution < -0.4 is 9.64 Å². The molecule has 2 aliphatic rings. The van der Waals surface area contributed by atoms with Crippen molar-refractivity contribution >= 4 is 11.6 Å². The van der Waals surface area contributed by atoms with Gasteiger partial charge in [0.05, 0.1) is 13.7 Å². The maximum atomic E-state index is 12.8. The quantitative estimate of drug-likeness (QED) is 0.801. The summed E-state index contributed by atoms with van der Waals surface area (Å²) in [5.74, 6) is 1.75. The van der Waals surface area contributed by atoms with Gasteiger partial charge in [-0.2, -0.15) is 0 Å². The van der Waals surface area contributed by atoms with E-state index in [4.69, 9.17) is 4.74 Å². The third kappa shape index (κ3) is 3.91. The van der Waals surface area contributed by atoms with Gasteiger partial charge in [-0.1, -0.05) is 36.4 Å². The second-order valence-corrected chi connectivity index (χ2v) is 7.42. The number of anilines is 1. The summed E-state index contributed by atoms with van der Waals surface area (Å²) in [6, 6.07) is 18.8. The molecule has 0 unspecified atom stereocenters. The summed E-state index contributed by atoms with van der Waals surface area (Å²) in [5.41, 5.74) is 2.26. The highest BCUT2D eigenvalue weighted by Crippen LogP contribution is 2.32. The lowest BCUT2D eigenvalue weighted by Crippen LogP contribution is -2.57. The molecule has 0 radical (unpaired) electrons. The predicted molar refractivity (Wildman–Crippen MR) is 104 cm³/mol. The molecule has 2 aromatic rings. The van der Waals surface area contributed by atoms with Crippen molar-refractivity contribution in [2.75, 3.05) is 31.6 Å². The van der Waals surface area contributed by atoms with Gasteiger partial charge in [0, 0.05) is 30.9 Å². The fourth-order valence-electron chi connectivity index (χ4n) is 3.77. The predicted octanol–water partition coefficient (Wildman–Crippen LogP) is 3.37. The first-order valence-electron chi connectivity index (χ1n) is 9.45. The minimum atomic E-state index is 0.184. The van der Waals surface area contributed by atoms with Gasteiger partial charge in [0.25, 0.3) is 0 Å². The Balaban J connectivity index is 1.56. The molecular weight excluding hydrogens is 324 g/mol. The van der Waals surface area contributed by atoms with Crippen LogP contribution in [0.2, 0.25) is 0 Å². The molecule has 4 rings (SSSR count). The van der Waals surface area contributed by atoms with Crippen LogP contribution in [0.15, 0.2) is 54.6 Å². The molecule has 4 nitrogen and oxygen atoms in total. The van der Waals surface area contributed by atoms with Gasteiger partial charge in [0.1, 0.15) is 5.75 Å². The minimum absolute atomic E-state index is 0.184. The second kappa shape index (κ2) is 7.50. The fourth-order valence-corrected chi connectivity index (χ4v) is 3.77. The largest absolute Gasteiger partial charge is 0.497 e. The Morgan fingerprint density at radius 2 is 1.88 bits per heavy atom. The number of rotatable bonds is 6. The van der Waals surface area contributed by atoms with E-state index >= 15 is 0 Å². The summed E-state index contributed by atoms with van der Waals surface area (Å²) in [4.78, 5) is 17.2. The maximum Gasteiger partial charge on any atom is 0.241 e. The summed E-state index contributed by atoms with van der Waals surface area (Å²) < 4.78 is 5.34. The van der Waals surface area contributed by atoms with Gasteiger partial charge in [-0.3, -0.25) is 9.69 Å². The second-order valence-electron chi connectivity index (χ2n) is 7.42. The summed E-state index contributed by atoms with van der Waals surface area (Å²) in [6.45, 7) is 2.29. The lowest BCUT2D eigenvalue weighted by Gasteiger charge is -2.41. The molecule has 0 N–H and O–H groups in total. The first kappa shape index (κ1) is 17.1. The lowest BCUT2D eigenvalue weighted by molar-refractivity contribution is -0.122. The van der Waals surface area contributed by atoms with Crippen molar-refractivity contribution in [2.45, 2.75) is 25.3 Å². The molecule has 1 aliphatic carbocycles. The smallest absolute Gasteiger partial charge is 0.241 e. The molecule has 0 bridgehead atoms. The van der Waals surface area contributed by atoms with Gasteiger partial charge in [-0.05, 0) is 42.9 Å². The van der Waals surface area contributed by atoms with Crippen molar-refractivity contribution in [3.05, 3.63) is 60.2 Å². The number of hydrogen-bond donors (Lipinski definition) is 0. The number of piperazine rings is 1. The molecule has 1 amide bonds. The number of hydrogen-bond acceptors (Lipinski definition) is 3. The van der Waals surface area contributed by atoms with Gasteiger partial charge >= 0.3 is 0 Å². The molecule has 2 fully saturated rings. The van der Waals surface area contributed by atoms with Gasteiger partial charge < -0.3 is 9.64 Å². The van der Waals surface area contributed by atoms with E-state index in [1.165, 1.54) is 18.4 Å². The van der Waals surface area contributed by atoms with Crippen LogP contribution in [-0.2, 0) is 11.2 Å². The fraction of sp³-hybridized carbons (Fsp3) is 0.409. The molecule has 0 spiro atoms. The van der Waals surface area contributed by atoms with E-state index in [2.05, 4.69) is 35.2 Å². The van der Waals surface area contributed by atoms with Crippen molar-refractivity contribution in [3.63, 3.8) is 0 Å². The standard InChI is InChI=1S/C22H26N2O2/c1-26-21-9-5-8-19(13-21)24-15-20(12-17-6-3-2-4-7-17)23(16-22(24)25)14-18-10-11-18/h2-9,13,18,20H,10-12,14-16H2,1H3/t20-/m1/s1. The molecule has 1 aliphatic heterocycles. The zero-order valence-electron chi connectivity index (χ0n) is 15.3. The van der Waals surface area contributed by atoms with Crippen LogP contribution in [0.5, 0.6) is 5.75 Å². The van der Waals surface area contributed by atoms with E-state index in [9.17, 15) is 4.79 Å². The topological polar surface area (TPSA) is 32.8 Å². The maximum absolute atomic E-state index is 12.8. The first-order valence-corrected chi connectivity index (χ1v) is 9.45. The molecular formula is C22H26N2O2. The Bertz CT molecular complexity index is 758. The average molecular weight is 350 g/mol. The van der Waals surface area contributed by atoms with Gasteiger partial charge in [-0.25, -0.2) is 0 Å². The number of carbonyl (C=O) groups is 1. The molecule has 1 atom stereocenters. The molecule has 1 saturated heterocycles. The molecule has 1 heterocycles. The van der Waals surface area contributed by atoms with E-state index < -0.39 is 0 Å². The monoisotopic (exact) mass is 350 g/mol. The Morgan fingerprint density at radius 3 is 2.62 bits per heavy atom. The Hall–Kier alpha value is -2.33. The van der Waals surface area contributed by atoms with Crippen molar-refractivity contribution < 1.29 is 9.53 Å². The van der Waals surface area contributed by atoms with Crippen molar-refractivity contribution in [1.82, 2.24) is 4.90 Å². The van der Waals surface area contributed by atoms with Crippen LogP contribution in [0.4, 0.5) is 5.69 Å². The van der Waals surface area contributed by atoms with Crippen molar-refractivity contribution in [3.8, 4) is 5.75 Å². The molecule has 1 saturated carbocycles. The normalized spacial score (nSPS) is 21.0. The van der Waals surface area contributed by atoms with Crippen LogP contribution in [-0.4, -0.2) is 43.6 Å². The summed E-state index contributed by atoms with van der Waals surface area (Å²) in [5, 5.41) is 0. The average Bonchev–Trinajstić information content (AvgIpc) is 3.49. The van der Waals surface area contributed by atoms with Crippen molar-refractivity contribution in [1.29, 1.82) is 0 Å². The van der Waals surface area contributed by atoms with Gasteiger partial charge in [0.2, 0.25) is 5.91 Å². The summed E-state index contributed by atoms with van der Waals surface area (Å²) >= 11 is 0. The van der Waals surface area contributed by atoms with Crippen LogP contribution in [0.1, 0.15) is 18.4 Å². The molecule has 26 heavy (non-hydrogen) atoms. The van der Waals surface area contributed by atoms with Crippen LogP contribution in [0, 0.1) is 5.92 Å². The zero-order valence-corrected chi connectivity index (χ0v) is 15.3. The highest BCUT2D eigenvalue weighted by Gasteiger charge is 2.36. The van der Waals surface area contributed by atoms with E-state index in [1.807, 2.05) is 29.2 Å². The highest BCUT2D eigenvalue weighted by atomic mass is 16.5. The number of methoxy groups -OCH3 is 1. The van der Waals surface area contributed by atoms with E-state index in [0.29, 0.717) is 12.6 Å². The molecule has 2 aromatic carbocycles. The highest BCUT2D eigenvalue weighted by molar-refractivity contribution is 5.95. The number of benzene rings is 2. The third-order valence-electron chi connectivity index (χ3n) is 5.42. The van der Waals surface area contributed by atoms with Gasteiger partial charge in [-0.15, -0.1) is 0 Å². The van der Waals surface area contributed by atoms with Crippen LogP contribution >= 0.6 is 0 Å². The number of nitrogens with zero attached hydrogens (tertiary/aromatic N) is 2. The summed E-state index contributed by atoms with van der Waals surface area (Å²) in [7, 11) is 1.66. The van der Waals surface area contributed by atoms with Crippen LogP contribution in [0.25, 0.3) is 0 Å². The van der Waals surface area contributed by atoms with E-state index in [-0.39, 0.29) is 5.91 Å². The minimum Gasteiger partial charge on any atom is -0.497 e. The third-order valence-corrected chi connectivity index (χ3v) is 5.42. The first-order chi connectivity index (χ1) is 12.7. The van der Waals surface area contributed by atoms with Crippen LogP contribution in [0.3, 0.4) is 0 Å².